The number of ketones is 1. The zero-order valence-corrected chi connectivity index (χ0v) is 16.0. The van der Waals surface area contributed by atoms with E-state index in [1.807, 2.05) is 6.08 Å². The molecule has 1 aliphatic heterocycles. The summed E-state index contributed by atoms with van der Waals surface area (Å²) in [5.41, 5.74) is 1.13. The van der Waals surface area contributed by atoms with E-state index in [4.69, 9.17) is 4.74 Å². The van der Waals surface area contributed by atoms with Crippen LogP contribution in [0.1, 0.15) is 39.5 Å². The molecule has 3 nitrogen and oxygen atoms in total. The molecule has 7 rings (SSSR count). The molecule has 27 heavy (non-hydrogen) atoms. The zero-order valence-electron chi connectivity index (χ0n) is 16.0. The molecule has 0 aromatic rings. The Morgan fingerprint density at radius 2 is 1.96 bits per heavy atom. The van der Waals surface area contributed by atoms with Gasteiger partial charge in [0.25, 0.3) is 0 Å². The van der Waals surface area contributed by atoms with Crippen molar-refractivity contribution < 1.29 is 14.3 Å². The average molecular weight is 362 g/mol. The number of esters is 1. The first-order chi connectivity index (χ1) is 12.9. The molecule has 0 N–H and O–H groups in total. The van der Waals surface area contributed by atoms with Gasteiger partial charge >= 0.3 is 5.97 Å². The highest BCUT2D eigenvalue weighted by molar-refractivity contribution is 6.01. The Labute approximate surface area is 159 Å². The van der Waals surface area contributed by atoms with Gasteiger partial charge in [0.2, 0.25) is 0 Å². The van der Waals surface area contributed by atoms with Crippen LogP contribution >= 0.6 is 0 Å². The summed E-state index contributed by atoms with van der Waals surface area (Å²) in [4.78, 5) is 24.2. The second-order valence-corrected chi connectivity index (χ2v) is 10.8. The number of hydrogen-bond acceptors (Lipinski definition) is 3. The Balaban J connectivity index is 1.39. The number of carbonyl (C=O) groups excluding carboxylic acids is 2. The maximum Gasteiger partial charge on any atom is 0.306 e. The van der Waals surface area contributed by atoms with Crippen LogP contribution in [0.25, 0.3) is 0 Å². The molecule has 0 aromatic heterocycles. The zero-order chi connectivity index (χ0) is 18.3. The first-order valence-electron chi connectivity index (χ1n) is 10.8. The normalized spacial score (nSPS) is 60.8. The Hall–Kier alpha value is -1.64. The van der Waals surface area contributed by atoms with Crippen molar-refractivity contribution in [2.24, 2.45) is 52.3 Å². The van der Waals surface area contributed by atoms with Gasteiger partial charge in [-0.05, 0) is 66.9 Å². The Morgan fingerprint density at radius 1 is 1.11 bits per heavy atom. The van der Waals surface area contributed by atoms with E-state index < -0.39 is 0 Å². The third-order valence-corrected chi connectivity index (χ3v) is 9.92. The molecule has 5 fully saturated rings. The number of ether oxygens (including phenoxy) is 1. The van der Waals surface area contributed by atoms with Crippen molar-refractivity contribution in [1.29, 1.82) is 0 Å². The maximum absolute atomic E-state index is 12.1. The fourth-order valence-electron chi connectivity index (χ4n) is 8.75. The van der Waals surface area contributed by atoms with E-state index in [0.717, 1.165) is 18.3 Å². The molecule has 1 heterocycles. The van der Waals surface area contributed by atoms with Crippen molar-refractivity contribution >= 4 is 11.8 Å². The largest absolute Gasteiger partial charge is 0.458 e. The minimum absolute atomic E-state index is 0.00711. The smallest absolute Gasteiger partial charge is 0.306 e. The summed E-state index contributed by atoms with van der Waals surface area (Å²) in [6.45, 7) is 4.74. The minimum atomic E-state index is -0.235. The topological polar surface area (TPSA) is 43.4 Å². The van der Waals surface area contributed by atoms with Gasteiger partial charge in [-0.1, -0.05) is 37.6 Å². The van der Waals surface area contributed by atoms with Gasteiger partial charge in [-0.15, -0.1) is 0 Å². The second-order valence-electron chi connectivity index (χ2n) is 10.8. The predicted octanol–water partition coefficient (Wildman–Crippen LogP) is 3.86. The first-order valence-corrected chi connectivity index (χ1v) is 10.8. The second kappa shape index (κ2) is 4.18. The summed E-state index contributed by atoms with van der Waals surface area (Å²) >= 11 is 0. The third-order valence-electron chi connectivity index (χ3n) is 9.92. The quantitative estimate of drug-likeness (QED) is 0.485. The first kappa shape index (κ1) is 15.3. The molecule has 0 aromatic carbocycles. The van der Waals surface area contributed by atoms with Crippen molar-refractivity contribution in [3.05, 3.63) is 36.0 Å². The fraction of sp³-hybridized carbons (Fsp3) is 0.667. The molecule has 140 valence electrons. The van der Waals surface area contributed by atoms with Crippen LogP contribution in [0.4, 0.5) is 0 Å². The summed E-state index contributed by atoms with van der Waals surface area (Å²) in [6.07, 6.45) is 14.8. The van der Waals surface area contributed by atoms with Crippen LogP contribution in [0.3, 0.4) is 0 Å². The maximum atomic E-state index is 12.1. The summed E-state index contributed by atoms with van der Waals surface area (Å²) < 4.78 is 6.15. The predicted molar refractivity (Wildman–Crippen MR) is 99.3 cm³/mol. The molecule has 4 saturated carbocycles. The molecule has 0 bridgehead atoms. The molecule has 0 amide bonds. The van der Waals surface area contributed by atoms with Gasteiger partial charge in [0.05, 0.1) is 0 Å². The number of fused-ring (bicyclic) bond motifs is 12. The Morgan fingerprint density at radius 3 is 2.74 bits per heavy atom. The van der Waals surface area contributed by atoms with Gasteiger partial charge in [-0.2, -0.15) is 0 Å². The van der Waals surface area contributed by atoms with Gasteiger partial charge in [0.1, 0.15) is 5.60 Å². The lowest BCUT2D eigenvalue weighted by molar-refractivity contribution is -0.162. The summed E-state index contributed by atoms with van der Waals surface area (Å²) in [5.74, 6) is 4.56. The summed E-state index contributed by atoms with van der Waals surface area (Å²) in [7, 11) is 0. The van der Waals surface area contributed by atoms with E-state index in [1.54, 1.807) is 6.08 Å². The molecule has 0 radical (unpaired) electrons. The highest BCUT2D eigenvalue weighted by Crippen LogP contribution is 2.80. The van der Waals surface area contributed by atoms with E-state index in [9.17, 15) is 9.59 Å². The minimum Gasteiger partial charge on any atom is -0.458 e. The molecule has 10 atom stereocenters. The van der Waals surface area contributed by atoms with Crippen LogP contribution in [0.5, 0.6) is 0 Å². The highest BCUT2D eigenvalue weighted by Gasteiger charge is 2.80. The van der Waals surface area contributed by atoms with Crippen LogP contribution in [-0.2, 0) is 14.3 Å². The van der Waals surface area contributed by atoms with Crippen LogP contribution in [0.15, 0.2) is 36.0 Å². The lowest BCUT2D eigenvalue weighted by Gasteiger charge is -2.56. The molecule has 1 saturated heterocycles. The van der Waals surface area contributed by atoms with Gasteiger partial charge in [0, 0.05) is 23.2 Å². The average Bonchev–Trinajstić information content (AvgIpc) is 3.53. The van der Waals surface area contributed by atoms with Gasteiger partial charge in [-0.3, -0.25) is 9.59 Å². The van der Waals surface area contributed by atoms with E-state index >= 15 is 0 Å². The molecule has 7 aliphatic rings. The lowest BCUT2D eigenvalue weighted by Crippen LogP contribution is -2.54. The van der Waals surface area contributed by atoms with E-state index in [-0.39, 0.29) is 28.2 Å². The standard InChI is InChI=1S/C24H26O3/c1-22-6-3-12(25)9-17(22)13-10-14(13)20-16(22)4-7-23(2)21(20)15-11-18(15)24(23)8-5-19(26)27-24/h3-4,6-7,9,13-16,18,20-21H,5,8,10-11H2,1-2H3/t13?,14?,15?,16?,18?,20?,21?,22?,23?,24-/m0/s1. The molecule has 6 aliphatic carbocycles. The Kier molecular flexibility index (Phi) is 2.37. The van der Waals surface area contributed by atoms with E-state index in [0.29, 0.717) is 36.0 Å². The van der Waals surface area contributed by atoms with Crippen molar-refractivity contribution in [2.75, 3.05) is 0 Å². The van der Waals surface area contributed by atoms with Crippen LogP contribution < -0.4 is 0 Å². The molecular formula is C24H26O3. The lowest BCUT2D eigenvalue weighted by atomic mass is 9.48. The third kappa shape index (κ3) is 1.49. The Bertz CT molecular complexity index is 911. The van der Waals surface area contributed by atoms with Crippen molar-refractivity contribution in [3.8, 4) is 0 Å². The molecule has 1 spiro atoms. The fourth-order valence-corrected chi connectivity index (χ4v) is 8.75. The van der Waals surface area contributed by atoms with Crippen molar-refractivity contribution in [3.63, 3.8) is 0 Å². The molecule has 9 unspecified atom stereocenters. The van der Waals surface area contributed by atoms with Gasteiger partial charge in [0.15, 0.2) is 5.78 Å². The van der Waals surface area contributed by atoms with Crippen LogP contribution in [-0.4, -0.2) is 17.4 Å². The number of rotatable bonds is 0. The summed E-state index contributed by atoms with van der Waals surface area (Å²) in [6, 6.07) is 0. The van der Waals surface area contributed by atoms with E-state index in [2.05, 4.69) is 32.1 Å². The highest BCUT2D eigenvalue weighted by atomic mass is 16.6. The van der Waals surface area contributed by atoms with Gasteiger partial charge in [-0.25, -0.2) is 0 Å². The van der Waals surface area contributed by atoms with Crippen LogP contribution in [0, 0.1) is 52.3 Å². The number of carbonyl (C=O) groups is 2. The van der Waals surface area contributed by atoms with Gasteiger partial charge < -0.3 is 4.74 Å². The van der Waals surface area contributed by atoms with Crippen LogP contribution in [0.2, 0.25) is 0 Å². The molecule has 3 heteroatoms. The molecular weight excluding hydrogens is 336 g/mol. The van der Waals surface area contributed by atoms with Crippen molar-refractivity contribution in [2.45, 2.75) is 45.1 Å². The summed E-state index contributed by atoms with van der Waals surface area (Å²) in [5, 5.41) is 0. The van der Waals surface area contributed by atoms with Crippen molar-refractivity contribution in [1.82, 2.24) is 0 Å². The SMILES string of the molecule is CC12C=CC(=O)C=C1C1CC1C1C2C=CC2(C)C1C1CC1[C@@]21CCC(=O)O1. The monoisotopic (exact) mass is 362 g/mol. The number of hydrogen-bond donors (Lipinski definition) is 0. The van der Waals surface area contributed by atoms with E-state index in [1.165, 1.54) is 18.4 Å². The number of allylic oxidation sites excluding steroid dienone is 5.